The third kappa shape index (κ3) is 7.56. The number of aromatic nitrogens is 1. The first-order valence-corrected chi connectivity index (χ1v) is 11.5. The molecule has 1 heterocycles. The number of nitrogens with one attached hydrogen (secondary N) is 2. The van der Waals surface area contributed by atoms with Gasteiger partial charge in [-0.15, -0.1) is 0 Å². The van der Waals surface area contributed by atoms with E-state index >= 15 is 0 Å². The van der Waals surface area contributed by atoms with E-state index in [4.69, 9.17) is 0 Å². The number of H-pyrrole nitrogens is 1. The maximum Gasteiger partial charge on any atom is 0.275 e. The molecule has 0 aliphatic rings. The predicted octanol–water partition coefficient (Wildman–Crippen LogP) is 6.30. The molecule has 0 radical (unpaired) electrons. The highest BCUT2D eigenvalue weighted by Crippen LogP contribution is 2.29. The molecule has 5 nitrogen and oxygen atoms in total. The van der Waals surface area contributed by atoms with Crippen LogP contribution in [0.5, 0.6) is 5.75 Å². The number of amides is 1. The Labute approximate surface area is 191 Å². The van der Waals surface area contributed by atoms with Gasteiger partial charge in [0, 0.05) is 16.8 Å². The number of carbonyl (C=O) groups excluding carboxylic acids is 1. The van der Waals surface area contributed by atoms with Gasteiger partial charge in [-0.1, -0.05) is 61.3 Å². The number of benzene rings is 1. The average molecular weight is 437 g/mol. The molecule has 1 amide bonds. The number of hydrogen-bond acceptors (Lipinski definition) is 3. The second-order valence-electron chi connectivity index (χ2n) is 8.49. The van der Waals surface area contributed by atoms with Crippen LogP contribution in [0.1, 0.15) is 81.4 Å². The zero-order valence-electron chi connectivity index (χ0n) is 19.8. The maximum atomic E-state index is 12.7. The number of allylic oxidation sites excluding steroid dienone is 4. The lowest BCUT2D eigenvalue weighted by Crippen LogP contribution is -2.22. The normalized spacial score (nSPS) is 11.3. The van der Waals surface area contributed by atoms with Crippen LogP contribution in [0.2, 0.25) is 0 Å². The van der Waals surface area contributed by atoms with Gasteiger partial charge in [-0.05, 0) is 65.0 Å². The molecule has 0 spiro atoms. The molecule has 3 N–H and O–H groups in total. The molecule has 1 aromatic carbocycles. The van der Waals surface area contributed by atoms with E-state index in [1.807, 2.05) is 6.07 Å². The molecule has 2 rings (SSSR count). The number of aryl methyl sites for hydroxylation is 1. The van der Waals surface area contributed by atoms with Gasteiger partial charge in [0.25, 0.3) is 11.5 Å². The van der Waals surface area contributed by atoms with Crippen molar-refractivity contribution in [3.05, 3.63) is 80.8 Å². The highest BCUT2D eigenvalue weighted by atomic mass is 16.3. The number of unbranched alkanes of at least 4 members (excludes halogenated alkanes) is 2. The quantitative estimate of drug-likeness (QED) is 0.285. The number of hydrogen-bond donors (Lipinski definition) is 3. The Morgan fingerprint density at radius 2 is 1.81 bits per heavy atom. The molecule has 5 heteroatoms. The van der Waals surface area contributed by atoms with Crippen molar-refractivity contribution in [3.63, 3.8) is 0 Å². The standard InChI is InChI=1S/C27H36N2O3/c1-5-6-8-16-23-22(18-17-20(4)13-11-12-19(2)3)25(30)24(27(32)28-23)29-26(31)21-14-9-7-10-15-21/h7,9-10,12,14-15,17H,5-6,8,11,13,16,18H2,1-4H3,(H,29,31)(H2,28,30,32)/b20-17-. The Bertz CT molecular complexity index is 1010. The lowest BCUT2D eigenvalue weighted by molar-refractivity contribution is 0.102. The first-order valence-electron chi connectivity index (χ1n) is 11.5. The maximum absolute atomic E-state index is 12.7. The predicted molar refractivity (Wildman–Crippen MR) is 132 cm³/mol. The third-order valence-electron chi connectivity index (χ3n) is 5.43. The van der Waals surface area contributed by atoms with E-state index in [0.717, 1.165) is 37.8 Å². The van der Waals surface area contributed by atoms with Gasteiger partial charge in [0.1, 0.15) is 11.4 Å². The van der Waals surface area contributed by atoms with Crippen molar-refractivity contribution in [2.24, 2.45) is 0 Å². The molecule has 0 aliphatic heterocycles. The summed E-state index contributed by atoms with van der Waals surface area (Å²) >= 11 is 0. The van der Waals surface area contributed by atoms with Gasteiger partial charge >= 0.3 is 0 Å². The Kier molecular flexibility index (Phi) is 9.99. The molecule has 0 saturated heterocycles. The number of carbonyl (C=O) groups is 1. The van der Waals surface area contributed by atoms with E-state index in [9.17, 15) is 14.7 Å². The van der Waals surface area contributed by atoms with Crippen LogP contribution < -0.4 is 10.9 Å². The van der Waals surface area contributed by atoms with Gasteiger partial charge in [-0.3, -0.25) is 9.59 Å². The van der Waals surface area contributed by atoms with E-state index in [-0.39, 0.29) is 11.4 Å². The zero-order chi connectivity index (χ0) is 23.5. The zero-order valence-corrected chi connectivity index (χ0v) is 19.8. The molecule has 0 atom stereocenters. The van der Waals surface area contributed by atoms with Crippen LogP contribution in [0.15, 0.2) is 58.4 Å². The minimum atomic E-state index is -0.480. The number of aromatic hydroxyl groups is 1. The van der Waals surface area contributed by atoms with Crippen molar-refractivity contribution in [1.29, 1.82) is 0 Å². The molecule has 1 aromatic heterocycles. The Morgan fingerprint density at radius 1 is 1.09 bits per heavy atom. The first-order chi connectivity index (χ1) is 15.3. The smallest absolute Gasteiger partial charge is 0.275 e. The molecule has 0 bridgehead atoms. The number of anilines is 1. The largest absolute Gasteiger partial charge is 0.505 e. The van der Waals surface area contributed by atoms with Gasteiger partial charge in [0.05, 0.1) is 0 Å². The topological polar surface area (TPSA) is 82.2 Å². The van der Waals surface area contributed by atoms with Crippen molar-refractivity contribution >= 4 is 11.6 Å². The minimum Gasteiger partial charge on any atom is -0.505 e. The molecule has 0 fully saturated rings. The Balaban J connectivity index is 2.33. The lowest BCUT2D eigenvalue weighted by atomic mass is 10.0. The number of pyridine rings is 1. The molecule has 0 saturated carbocycles. The number of aromatic amines is 1. The van der Waals surface area contributed by atoms with Crippen molar-refractivity contribution in [2.75, 3.05) is 5.32 Å². The van der Waals surface area contributed by atoms with Crippen molar-refractivity contribution in [3.8, 4) is 5.75 Å². The van der Waals surface area contributed by atoms with Crippen LogP contribution in [0.25, 0.3) is 0 Å². The highest BCUT2D eigenvalue weighted by molar-refractivity contribution is 6.04. The van der Waals surface area contributed by atoms with Crippen LogP contribution in [0.4, 0.5) is 5.69 Å². The van der Waals surface area contributed by atoms with Gasteiger partial charge in [0.2, 0.25) is 0 Å². The van der Waals surface area contributed by atoms with Crippen LogP contribution in [0, 0.1) is 0 Å². The first kappa shape index (κ1) is 25.2. The van der Waals surface area contributed by atoms with E-state index in [1.165, 1.54) is 11.1 Å². The summed E-state index contributed by atoms with van der Waals surface area (Å²) in [6.45, 7) is 8.38. The monoisotopic (exact) mass is 436 g/mol. The van der Waals surface area contributed by atoms with Crippen LogP contribution in [0.3, 0.4) is 0 Å². The molecule has 2 aromatic rings. The summed E-state index contributed by atoms with van der Waals surface area (Å²) in [6, 6.07) is 8.66. The molecule has 32 heavy (non-hydrogen) atoms. The molecular weight excluding hydrogens is 400 g/mol. The minimum absolute atomic E-state index is 0.0938. The fourth-order valence-corrected chi connectivity index (χ4v) is 3.52. The Hall–Kier alpha value is -3.08. The molecular formula is C27H36N2O3. The highest BCUT2D eigenvalue weighted by Gasteiger charge is 2.19. The third-order valence-corrected chi connectivity index (χ3v) is 5.43. The summed E-state index contributed by atoms with van der Waals surface area (Å²) in [7, 11) is 0. The Morgan fingerprint density at radius 3 is 2.47 bits per heavy atom. The summed E-state index contributed by atoms with van der Waals surface area (Å²) in [5.74, 6) is -0.567. The lowest BCUT2D eigenvalue weighted by Gasteiger charge is -2.15. The fraction of sp³-hybridized carbons (Fsp3) is 0.407. The van der Waals surface area contributed by atoms with Gasteiger partial charge < -0.3 is 15.4 Å². The van der Waals surface area contributed by atoms with E-state index in [1.54, 1.807) is 24.3 Å². The van der Waals surface area contributed by atoms with Gasteiger partial charge in [-0.2, -0.15) is 0 Å². The SMILES string of the molecule is CCCCCc1[nH]c(=O)c(NC(=O)c2ccccc2)c(O)c1C/C=C(/C)CCC=C(C)C. The summed E-state index contributed by atoms with van der Waals surface area (Å²) in [4.78, 5) is 28.2. The van der Waals surface area contributed by atoms with E-state index in [2.05, 4.69) is 50.1 Å². The number of rotatable bonds is 11. The van der Waals surface area contributed by atoms with Crippen molar-refractivity contribution in [2.45, 2.75) is 72.6 Å². The van der Waals surface area contributed by atoms with E-state index in [0.29, 0.717) is 24.0 Å². The second kappa shape index (κ2) is 12.7. The van der Waals surface area contributed by atoms with Gasteiger partial charge in [-0.25, -0.2) is 0 Å². The summed E-state index contributed by atoms with van der Waals surface area (Å²) < 4.78 is 0. The van der Waals surface area contributed by atoms with Crippen molar-refractivity contribution < 1.29 is 9.90 Å². The van der Waals surface area contributed by atoms with Crippen LogP contribution in [-0.2, 0) is 12.8 Å². The van der Waals surface area contributed by atoms with Crippen molar-refractivity contribution in [1.82, 2.24) is 4.98 Å². The van der Waals surface area contributed by atoms with Gasteiger partial charge in [0.15, 0.2) is 0 Å². The second-order valence-corrected chi connectivity index (χ2v) is 8.49. The molecule has 172 valence electrons. The summed E-state index contributed by atoms with van der Waals surface area (Å²) in [5.41, 5.74) is 3.79. The van der Waals surface area contributed by atoms with Crippen LogP contribution in [-0.4, -0.2) is 16.0 Å². The fourth-order valence-electron chi connectivity index (χ4n) is 3.52. The van der Waals surface area contributed by atoms with Crippen LogP contribution >= 0.6 is 0 Å². The average Bonchev–Trinajstić information content (AvgIpc) is 2.76. The van der Waals surface area contributed by atoms with E-state index < -0.39 is 11.5 Å². The summed E-state index contributed by atoms with van der Waals surface area (Å²) in [5, 5.41) is 13.6. The molecule has 0 aliphatic carbocycles. The molecule has 0 unspecified atom stereocenters. The summed E-state index contributed by atoms with van der Waals surface area (Å²) in [6.07, 6.45) is 10.5.